The van der Waals surface area contributed by atoms with Crippen molar-refractivity contribution in [3.63, 3.8) is 0 Å². The van der Waals surface area contributed by atoms with Crippen molar-refractivity contribution in [1.29, 1.82) is 5.26 Å². The van der Waals surface area contributed by atoms with E-state index in [0.717, 1.165) is 5.56 Å². The summed E-state index contributed by atoms with van der Waals surface area (Å²) in [7, 11) is 0. The normalized spacial score (nSPS) is 11.8. The first-order valence-corrected chi connectivity index (χ1v) is 9.29. The lowest BCUT2D eigenvalue weighted by Gasteiger charge is -2.12. The fourth-order valence-corrected chi connectivity index (χ4v) is 3.34. The summed E-state index contributed by atoms with van der Waals surface area (Å²) in [6.07, 6.45) is 3.30. The van der Waals surface area contributed by atoms with Gasteiger partial charge in [-0.05, 0) is 36.8 Å². The molecule has 0 aliphatic heterocycles. The molecule has 2 aromatic heterocycles. The number of hydrogen-bond donors (Lipinski definition) is 0. The van der Waals surface area contributed by atoms with Crippen LogP contribution in [0.3, 0.4) is 0 Å². The molecule has 0 bridgehead atoms. The number of aromatic nitrogens is 3. The summed E-state index contributed by atoms with van der Waals surface area (Å²) in [4.78, 5) is 17.6. The van der Waals surface area contributed by atoms with Gasteiger partial charge in [-0.15, -0.1) is 0 Å². The Hall–Kier alpha value is -4.05. The quantitative estimate of drug-likeness (QED) is 0.444. The molecule has 2 aromatic carbocycles. The molecular formula is C23H17FN4O2. The Balaban J connectivity index is 1.71. The summed E-state index contributed by atoms with van der Waals surface area (Å²) in [5.74, 6) is -1.36. The molecule has 4 aromatic rings. The van der Waals surface area contributed by atoms with E-state index in [0.29, 0.717) is 23.7 Å². The fourth-order valence-electron chi connectivity index (χ4n) is 3.34. The van der Waals surface area contributed by atoms with Crippen LogP contribution in [-0.4, -0.2) is 20.5 Å². The predicted molar refractivity (Wildman–Crippen MR) is 107 cm³/mol. The summed E-state index contributed by atoms with van der Waals surface area (Å²) in [5.41, 5.74) is 2.02. The van der Waals surface area contributed by atoms with Crippen molar-refractivity contribution in [3.05, 3.63) is 95.5 Å². The second kappa shape index (κ2) is 8.13. The number of carbonyl (C=O) groups is 1. The summed E-state index contributed by atoms with van der Waals surface area (Å²) < 4.78 is 20.3. The number of benzene rings is 2. The van der Waals surface area contributed by atoms with Crippen LogP contribution in [0, 0.1) is 24.1 Å². The first-order chi connectivity index (χ1) is 14.6. The highest BCUT2D eigenvalue weighted by molar-refractivity contribution is 6.07. The standard InChI is InChI=1S/C23H17FN4O2/c1-15-20(21(27-30-15)17-7-9-18(24)10-8-17)22(29)19(13-25)23-26-11-12-28(23)14-16-5-3-2-4-6-16/h2-12,19H,14H2,1H3. The van der Waals surface area contributed by atoms with Crippen molar-refractivity contribution < 1.29 is 13.7 Å². The Morgan fingerprint density at radius 1 is 1.20 bits per heavy atom. The maximum Gasteiger partial charge on any atom is 0.193 e. The van der Waals surface area contributed by atoms with Crippen molar-refractivity contribution in [2.75, 3.05) is 0 Å². The number of hydrogen-bond acceptors (Lipinski definition) is 5. The van der Waals surface area contributed by atoms with E-state index in [1.54, 1.807) is 23.9 Å². The third-order valence-electron chi connectivity index (χ3n) is 4.82. The topological polar surface area (TPSA) is 84.7 Å². The largest absolute Gasteiger partial charge is 0.360 e. The zero-order chi connectivity index (χ0) is 21.1. The zero-order valence-electron chi connectivity index (χ0n) is 16.1. The van der Waals surface area contributed by atoms with Gasteiger partial charge in [0.25, 0.3) is 0 Å². The fraction of sp³-hybridized carbons (Fsp3) is 0.130. The van der Waals surface area contributed by atoms with Gasteiger partial charge in [0.05, 0.1) is 11.6 Å². The second-order valence-electron chi connectivity index (χ2n) is 6.79. The van der Waals surface area contributed by atoms with E-state index in [1.165, 1.54) is 24.3 Å². The van der Waals surface area contributed by atoms with Crippen LogP contribution < -0.4 is 0 Å². The zero-order valence-corrected chi connectivity index (χ0v) is 16.1. The van der Waals surface area contributed by atoms with Crippen molar-refractivity contribution in [1.82, 2.24) is 14.7 Å². The minimum Gasteiger partial charge on any atom is -0.360 e. The maximum atomic E-state index is 13.4. The number of rotatable bonds is 6. The van der Waals surface area contributed by atoms with Crippen molar-refractivity contribution in [2.24, 2.45) is 0 Å². The van der Waals surface area contributed by atoms with Crippen LogP contribution in [0.4, 0.5) is 4.39 Å². The molecule has 0 N–H and O–H groups in total. The van der Waals surface area contributed by atoms with Crippen LogP contribution in [0.15, 0.2) is 71.5 Å². The van der Waals surface area contributed by atoms with Crippen LogP contribution in [0.25, 0.3) is 11.3 Å². The average molecular weight is 400 g/mol. The Morgan fingerprint density at radius 3 is 2.63 bits per heavy atom. The first-order valence-electron chi connectivity index (χ1n) is 9.29. The molecule has 0 radical (unpaired) electrons. The van der Waals surface area contributed by atoms with E-state index < -0.39 is 17.5 Å². The summed E-state index contributed by atoms with van der Waals surface area (Å²) >= 11 is 0. The van der Waals surface area contributed by atoms with Gasteiger partial charge in [-0.2, -0.15) is 5.26 Å². The molecular weight excluding hydrogens is 383 g/mol. The number of nitrogens with zero attached hydrogens (tertiary/aromatic N) is 4. The number of aryl methyl sites for hydroxylation is 1. The molecule has 0 aliphatic carbocycles. The van der Waals surface area contributed by atoms with Crippen molar-refractivity contribution in [2.45, 2.75) is 19.4 Å². The number of imidazole rings is 1. The van der Waals surface area contributed by atoms with Gasteiger partial charge < -0.3 is 9.09 Å². The van der Waals surface area contributed by atoms with Gasteiger partial charge in [0.1, 0.15) is 23.1 Å². The van der Waals surface area contributed by atoms with E-state index in [-0.39, 0.29) is 11.3 Å². The van der Waals surface area contributed by atoms with Crippen LogP contribution in [0.2, 0.25) is 0 Å². The first kappa shape index (κ1) is 19.3. The Morgan fingerprint density at radius 2 is 1.93 bits per heavy atom. The highest BCUT2D eigenvalue weighted by atomic mass is 19.1. The number of halogens is 1. The smallest absolute Gasteiger partial charge is 0.193 e. The molecule has 0 aliphatic rings. The molecule has 2 heterocycles. The van der Waals surface area contributed by atoms with Gasteiger partial charge in [0, 0.05) is 24.5 Å². The molecule has 0 amide bonds. The third-order valence-corrected chi connectivity index (χ3v) is 4.82. The molecule has 1 atom stereocenters. The number of Topliss-reactive ketones (excluding diaryl/α,β-unsaturated/α-hetero) is 1. The predicted octanol–water partition coefficient (Wildman–Crippen LogP) is 4.52. The van der Waals surface area contributed by atoms with Crippen molar-refractivity contribution in [3.8, 4) is 17.3 Å². The molecule has 30 heavy (non-hydrogen) atoms. The SMILES string of the molecule is Cc1onc(-c2ccc(F)cc2)c1C(=O)C(C#N)c1nccn1Cc1ccccc1. The molecule has 1 unspecified atom stereocenters. The Bertz CT molecular complexity index is 1220. The molecule has 4 rings (SSSR count). The van der Waals surface area contributed by atoms with E-state index in [2.05, 4.69) is 16.2 Å². The molecule has 0 spiro atoms. The lowest BCUT2D eigenvalue weighted by molar-refractivity contribution is 0.0974. The monoisotopic (exact) mass is 400 g/mol. The summed E-state index contributed by atoms with van der Waals surface area (Å²) in [6, 6.07) is 17.4. The number of nitriles is 1. The van der Waals surface area contributed by atoms with E-state index in [9.17, 15) is 14.4 Å². The van der Waals surface area contributed by atoms with Gasteiger partial charge in [-0.25, -0.2) is 9.37 Å². The molecule has 148 valence electrons. The average Bonchev–Trinajstić information content (AvgIpc) is 3.36. The van der Waals surface area contributed by atoms with Gasteiger partial charge in [-0.3, -0.25) is 4.79 Å². The Kier molecular flexibility index (Phi) is 5.22. The Labute approximate surface area is 172 Å². The minimum atomic E-state index is -1.14. The molecule has 6 nitrogen and oxygen atoms in total. The third kappa shape index (κ3) is 3.63. The van der Waals surface area contributed by atoms with Crippen LogP contribution in [0.1, 0.15) is 33.4 Å². The molecule has 7 heteroatoms. The van der Waals surface area contributed by atoms with E-state index >= 15 is 0 Å². The van der Waals surface area contributed by atoms with Crippen LogP contribution in [-0.2, 0) is 6.54 Å². The summed E-state index contributed by atoms with van der Waals surface area (Å²) in [5, 5.41) is 13.8. The highest BCUT2D eigenvalue weighted by Gasteiger charge is 2.32. The van der Waals surface area contributed by atoms with Gasteiger partial charge in [-0.1, -0.05) is 35.5 Å². The molecule has 0 fully saturated rings. The van der Waals surface area contributed by atoms with Gasteiger partial charge in [0.2, 0.25) is 0 Å². The lowest BCUT2D eigenvalue weighted by atomic mass is 9.94. The summed E-state index contributed by atoms with van der Waals surface area (Å²) in [6.45, 7) is 2.09. The number of ketones is 1. The van der Waals surface area contributed by atoms with Crippen LogP contribution >= 0.6 is 0 Å². The van der Waals surface area contributed by atoms with E-state index in [1.807, 2.05) is 30.3 Å². The van der Waals surface area contributed by atoms with Gasteiger partial charge in [0.15, 0.2) is 11.7 Å². The lowest BCUT2D eigenvalue weighted by Crippen LogP contribution is -2.18. The van der Waals surface area contributed by atoms with E-state index in [4.69, 9.17) is 4.52 Å². The highest BCUT2D eigenvalue weighted by Crippen LogP contribution is 2.30. The number of carbonyl (C=O) groups excluding carboxylic acids is 1. The minimum absolute atomic E-state index is 0.197. The van der Waals surface area contributed by atoms with Gasteiger partial charge >= 0.3 is 0 Å². The molecule has 0 saturated carbocycles. The molecule has 0 saturated heterocycles. The van der Waals surface area contributed by atoms with Crippen LogP contribution in [0.5, 0.6) is 0 Å². The maximum absolute atomic E-state index is 13.4. The van der Waals surface area contributed by atoms with Crippen molar-refractivity contribution >= 4 is 5.78 Å². The second-order valence-corrected chi connectivity index (χ2v) is 6.79.